The summed E-state index contributed by atoms with van der Waals surface area (Å²) >= 11 is 5.90. The number of likely N-dealkylation sites (N-methyl/N-ethyl adjacent to an activating group) is 1. The van der Waals surface area contributed by atoms with Crippen LogP contribution in [0.3, 0.4) is 0 Å². The fourth-order valence-corrected chi connectivity index (χ4v) is 7.24. The van der Waals surface area contributed by atoms with Gasteiger partial charge in [0.15, 0.2) is 9.84 Å². The van der Waals surface area contributed by atoms with Gasteiger partial charge in [0.2, 0.25) is 15.9 Å². The van der Waals surface area contributed by atoms with Crippen molar-refractivity contribution in [2.24, 2.45) is 0 Å². The third kappa shape index (κ3) is 5.43. The van der Waals surface area contributed by atoms with Crippen LogP contribution in [-0.4, -0.2) is 52.4 Å². The fraction of sp³-hybridized carbons (Fsp3) is 0.269. The Kier molecular flexibility index (Phi) is 7.75. The zero-order valence-corrected chi connectivity index (χ0v) is 22.7. The number of piperidine rings is 1. The Balaban J connectivity index is 1.66. The Morgan fingerprint density at radius 3 is 2.32 bits per heavy atom. The van der Waals surface area contributed by atoms with E-state index in [9.17, 15) is 21.6 Å². The van der Waals surface area contributed by atoms with Crippen molar-refractivity contribution in [3.8, 4) is 11.1 Å². The van der Waals surface area contributed by atoms with E-state index in [1.54, 1.807) is 31.2 Å². The van der Waals surface area contributed by atoms with Gasteiger partial charge in [0.1, 0.15) is 11.9 Å². The monoisotopic (exact) mass is 564 g/mol. The molecule has 7 nitrogen and oxygen atoms in total. The quantitative estimate of drug-likeness (QED) is 0.413. The summed E-state index contributed by atoms with van der Waals surface area (Å²) in [6.07, 6.45) is 1.86. The number of halogens is 2. The molecule has 0 radical (unpaired) electrons. The summed E-state index contributed by atoms with van der Waals surface area (Å²) in [5.41, 5.74) is 0.712. The molecule has 3 aromatic rings. The molecule has 1 atom stereocenters. The van der Waals surface area contributed by atoms with Gasteiger partial charge in [-0.25, -0.2) is 21.2 Å². The first-order valence-electron chi connectivity index (χ1n) is 11.6. The molecule has 0 bridgehead atoms. The molecule has 37 heavy (non-hydrogen) atoms. The smallest absolute Gasteiger partial charge is 0.245 e. The zero-order chi connectivity index (χ0) is 27.0. The van der Waals surface area contributed by atoms with E-state index in [-0.39, 0.29) is 28.6 Å². The van der Waals surface area contributed by atoms with Crippen molar-refractivity contribution >= 4 is 43.1 Å². The Hall–Kier alpha value is -2.79. The summed E-state index contributed by atoms with van der Waals surface area (Å²) in [7, 11) is -7.55. The molecular weight excluding hydrogens is 539 g/mol. The highest BCUT2D eigenvalue weighted by Crippen LogP contribution is 2.33. The second kappa shape index (κ2) is 10.5. The normalized spacial score (nSPS) is 16.8. The van der Waals surface area contributed by atoms with Crippen molar-refractivity contribution in [1.82, 2.24) is 4.31 Å². The molecule has 1 heterocycles. The summed E-state index contributed by atoms with van der Waals surface area (Å²) < 4.78 is 67.6. The van der Waals surface area contributed by atoms with Crippen LogP contribution in [0.5, 0.6) is 0 Å². The number of sulfone groups is 1. The minimum atomic E-state index is -4.00. The van der Waals surface area contributed by atoms with Gasteiger partial charge in [-0.1, -0.05) is 42.8 Å². The molecule has 1 aliphatic rings. The standard InChI is InChI=1S/C26H26ClFN2O5S2/c1-3-30(37(34,35)20-13-11-19(27)12-14-20)24-8-6-16-29(26(24)31)23-15-10-18(17-22(23)28)21-7-4-5-9-25(21)36(2,32)33/h4-5,7,9-15,17,24H,3,6,8,16H2,1-2H3. The van der Waals surface area contributed by atoms with Crippen molar-refractivity contribution in [3.05, 3.63) is 77.6 Å². The number of carbonyl (C=O) groups is 1. The molecule has 1 unspecified atom stereocenters. The average molecular weight is 565 g/mol. The van der Waals surface area contributed by atoms with Crippen LogP contribution in [-0.2, 0) is 24.7 Å². The second-order valence-corrected chi connectivity index (χ2v) is 13.1. The number of rotatable bonds is 7. The lowest BCUT2D eigenvalue weighted by molar-refractivity contribution is -0.123. The van der Waals surface area contributed by atoms with Crippen molar-refractivity contribution in [1.29, 1.82) is 0 Å². The molecule has 0 aromatic heterocycles. The van der Waals surface area contributed by atoms with E-state index in [2.05, 4.69) is 0 Å². The number of sulfonamides is 1. The lowest BCUT2D eigenvalue weighted by Gasteiger charge is -2.37. The SMILES string of the molecule is CCN(C1CCCN(c2ccc(-c3ccccc3S(C)(=O)=O)cc2F)C1=O)S(=O)(=O)c1ccc(Cl)cc1. The Morgan fingerprint density at radius 1 is 1.03 bits per heavy atom. The topological polar surface area (TPSA) is 91.8 Å². The van der Waals surface area contributed by atoms with Gasteiger partial charge in [-0.2, -0.15) is 4.31 Å². The number of hydrogen-bond acceptors (Lipinski definition) is 5. The van der Waals surface area contributed by atoms with Crippen LogP contribution in [0.1, 0.15) is 19.8 Å². The lowest BCUT2D eigenvalue weighted by Crippen LogP contribution is -2.54. The van der Waals surface area contributed by atoms with Crippen molar-refractivity contribution in [2.75, 3.05) is 24.2 Å². The van der Waals surface area contributed by atoms with Crippen molar-refractivity contribution in [3.63, 3.8) is 0 Å². The Morgan fingerprint density at radius 2 is 1.70 bits per heavy atom. The first-order valence-corrected chi connectivity index (χ1v) is 15.3. The highest BCUT2D eigenvalue weighted by atomic mass is 35.5. The third-order valence-electron chi connectivity index (χ3n) is 6.33. The molecule has 1 aliphatic heterocycles. The molecule has 0 aliphatic carbocycles. The molecule has 1 saturated heterocycles. The number of amides is 1. The van der Waals surface area contributed by atoms with Gasteiger partial charge < -0.3 is 4.90 Å². The molecule has 1 amide bonds. The minimum Gasteiger partial charge on any atom is -0.308 e. The number of hydrogen-bond donors (Lipinski definition) is 0. The molecule has 196 valence electrons. The van der Waals surface area contributed by atoms with Crippen LogP contribution in [0.25, 0.3) is 11.1 Å². The lowest BCUT2D eigenvalue weighted by atomic mass is 10.0. The van der Waals surface area contributed by atoms with Crippen LogP contribution in [0.2, 0.25) is 5.02 Å². The summed E-state index contributed by atoms with van der Waals surface area (Å²) in [4.78, 5) is 14.9. The number of nitrogens with zero attached hydrogens (tertiary/aromatic N) is 2. The highest BCUT2D eigenvalue weighted by Gasteiger charge is 2.40. The first kappa shape index (κ1) is 27.3. The number of carbonyl (C=O) groups excluding carboxylic acids is 1. The number of anilines is 1. The molecule has 3 aromatic carbocycles. The summed E-state index contributed by atoms with van der Waals surface area (Å²) in [5, 5.41) is 0.389. The van der Waals surface area contributed by atoms with Crippen LogP contribution in [0.15, 0.2) is 76.5 Å². The number of benzene rings is 3. The van der Waals surface area contributed by atoms with Gasteiger partial charge in [-0.3, -0.25) is 4.79 Å². The van der Waals surface area contributed by atoms with Gasteiger partial charge in [0.05, 0.1) is 15.5 Å². The second-order valence-electron chi connectivity index (χ2n) is 8.74. The first-order chi connectivity index (χ1) is 17.4. The summed E-state index contributed by atoms with van der Waals surface area (Å²) in [6, 6.07) is 15.2. The van der Waals surface area contributed by atoms with Gasteiger partial charge in [0.25, 0.3) is 0 Å². The Bertz CT molecular complexity index is 1540. The molecule has 4 rings (SSSR count). The van der Waals surface area contributed by atoms with E-state index in [0.717, 1.165) is 10.6 Å². The molecular formula is C26H26ClFN2O5S2. The van der Waals surface area contributed by atoms with Crippen LogP contribution >= 0.6 is 11.6 Å². The van der Waals surface area contributed by atoms with Gasteiger partial charge in [-0.15, -0.1) is 0 Å². The van der Waals surface area contributed by atoms with E-state index in [1.807, 2.05) is 0 Å². The van der Waals surface area contributed by atoms with Gasteiger partial charge in [0, 0.05) is 29.9 Å². The fourth-order valence-electron chi connectivity index (χ4n) is 4.58. The van der Waals surface area contributed by atoms with E-state index in [1.165, 1.54) is 47.4 Å². The Labute approximate surface area is 221 Å². The van der Waals surface area contributed by atoms with Crippen LogP contribution < -0.4 is 4.90 Å². The third-order valence-corrected chi connectivity index (χ3v) is 9.73. The van der Waals surface area contributed by atoms with E-state index >= 15 is 4.39 Å². The molecule has 0 saturated carbocycles. The predicted molar refractivity (Wildman–Crippen MR) is 141 cm³/mol. The van der Waals surface area contributed by atoms with E-state index < -0.39 is 37.6 Å². The van der Waals surface area contributed by atoms with Crippen molar-refractivity contribution in [2.45, 2.75) is 35.6 Å². The van der Waals surface area contributed by atoms with Crippen LogP contribution in [0.4, 0.5) is 10.1 Å². The maximum absolute atomic E-state index is 15.4. The van der Waals surface area contributed by atoms with E-state index in [0.29, 0.717) is 29.0 Å². The van der Waals surface area contributed by atoms with Gasteiger partial charge in [-0.05, 0) is 60.9 Å². The van der Waals surface area contributed by atoms with E-state index in [4.69, 9.17) is 11.6 Å². The largest absolute Gasteiger partial charge is 0.308 e. The van der Waals surface area contributed by atoms with Gasteiger partial charge >= 0.3 is 0 Å². The maximum atomic E-state index is 15.4. The summed E-state index contributed by atoms with van der Waals surface area (Å²) in [6.45, 7) is 1.93. The molecule has 11 heteroatoms. The minimum absolute atomic E-state index is 0.00947. The molecule has 1 fully saturated rings. The molecule has 0 N–H and O–H groups in total. The predicted octanol–water partition coefficient (Wildman–Crippen LogP) is 4.76. The summed E-state index contributed by atoms with van der Waals surface area (Å²) in [5.74, 6) is -1.23. The molecule has 0 spiro atoms. The average Bonchev–Trinajstić information content (AvgIpc) is 2.85. The highest BCUT2D eigenvalue weighted by molar-refractivity contribution is 7.90. The maximum Gasteiger partial charge on any atom is 0.245 e. The zero-order valence-electron chi connectivity index (χ0n) is 20.3. The van der Waals surface area contributed by atoms with Crippen LogP contribution in [0, 0.1) is 5.82 Å². The van der Waals surface area contributed by atoms with Crippen molar-refractivity contribution < 1.29 is 26.0 Å².